The number of carbonyl (C=O) groups excluding carboxylic acids is 1. The Morgan fingerprint density at radius 2 is 1.57 bits per heavy atom. The molecule has 0 spiro atoms. The molecule has 0 amide bonds. The van der Waals surface area contributed by atoms with Crippen LogP contribution in [0, 0.1) is 40.4 Å². The van der Waals surface area contributed by atoms with E-state index in [-0.39, 0.29) is 11.1 Å². The van der Waals surface area contributed by atoms with Crippen LogP contribution >= 0.6 is 0 Å². The summed E-state index contributed by atoms with van der Waals surface area (Å²) in [5.74, 6) is -11.8. The van der Waals surface area contributed by atoms with Crippen molar-refractivity contribution in [3.05, 3.63) is 70.0 Å². The number of esters is 1. The number of nitrogens with zero attached hydrogens (tertiary/aromatic N) is 1. The molecule has 2 aromatic rings. The van der Waals surface area contributed by atoms with Crippen LogP contribution < -0.4 is 0 Å². The van der Waals surface area contributed by atoms with E-state index in [2.05, 4.69) is 4.74 Å². The first-order chi connectivity index (χ1) is 10.9. The zero-order valence-electron chi connectivity index (χ0n) is 11.2. The van der Waals surface area contributed by atoms with Crippen LogP contribution in [0.15, 0.2) is 24.3 Å². The highest BCUT2D eigenvalue weighted by Gasteiger charge is 2.26. The van der Waals surface area contributed by atoms with Gasteiger partial charge in [0, 0.05) is 0 Å². The molecule has 0 aliphatic carbocycles. The predicted octanol–water partition coefficient (Wildman–Crippen LogP) is 3.61. The van der Waals surface area contributed by atoms with Gasteiger partial charge in [-0.2, -0.15) is 5.26 Å². The molecule has 0 N–H and O–H groups in total. The first-order valence-corrected chi connectivity index (χ1v) is 6.04. The van der Waals surface area contributed by atoms with Crippen LogP contribution in [0.3, 0.4) is 0 Å². The van der Waals surface area contributed by atoms with Crippen LogP contribution in [0.1, 0.15) is 21.5 Å². The van der Waals surface area contributed by atoms with Crippen LogP contribution in [-0.4, -0.2) is 5.97 Å². The molecule has 0 bridgehead atoms. The molecule has 23 heavy (non-hydrogen) atoms. The van der Waals surface area contributed by atoms with Crippen LogP contribution in [0.4, 0.5) is 22.0 Å². The van der Waals surface area contributed by atoms with E-state index in [0.29, 0.717) is 0 Å². The third kappa shape index (κ3) is 3.13. The minimum Gasteiger partial charge on any atom is -0.457 e. The highest BCUT2D eigenvalue weighted by molar-refractivity contribution is 5.89. The highest BCUT2D eigenvalue weighted by atomic mass is 19.2. The fraction of sp³-hybridized carbons (Fsp3) is 0.0667. The minimum absolute atomic E-state index is 0.104. The lowest BCUT2D eigenvalue weighted by Crippen LogP contribution is -2.11. The summed E-state index contributed by atoms with van der Waals surface area (Å²) in [6.45, 7) is -1.15. The van der Waals surface area contributed by atoms with Gasteiger partial charge in [0.15, 0.2) is 23.3 Å². The third-order valence-corrected chi connectivity index (χ3v) is 2.88. The highest BCUT2D eigenvalue weighted by Crippen LogP contribution is 2.23. The van der Waals surface area contributed by atoms with Gasteiger partial charge in [-0.3, -0.25) is 0 Å². The first kappa shape index (κ1) is 16.4. The number of benzene rings is 2. The standard InChI is InChI=1S/C15H6F5NO2/c16-10-9(11(17)13(19)14(20)12(10)18)6-23-15(22)8-3-1-2-7(4-8)5-21/h1-4H,6H2. The van der Waals surface area contributed by atoms with E-state index >= 15 is 0 Å². The van der Waals surface area contributed by atoms with Crippen molar-refractivity contribution in [1.29, 1.82) is 5.26 Å². The molecule has 118 valence electrons. The maximum Gasteiger partial charge on any atom is 0.338 e. The zero-order valence-corrected chi connectivity index (χ0v) is 11.2. The second kappa shape index (κ2) is 6.44. The molecule has 0 radical (unpaired) electrons. The molecule has 2 rings (SSSR count). The van der Waals surface area contributed by atoms with E-state index in [4.69, 9.17) is 5.26 Å². The molecule has 0 heterocycles. The number of hydrogen-bond donors (Lipinski definition) is 0. The van der Waals surface area contributed by atoms with Crippen molar-refractivity contribution in [2.45, 2.75) is 6.61 Å². The second-order valence-electron chi connectivity index (χ2n) is 4.32. The van der Waals surface area contributed by atoms with Gasteiger partial charge in [0.25, 0.3) is 0 Å². The van der Waals surface area contributed by atoms with Crippen molar-refractivity contribution in [2.24, 2.45) is 0 Å². The van der Waals surface area contributed by atoms with Crippen molar-refractivity contribution in [1.82, 2.24) is 0 Å². The number of rotatable bonds is 3. The zero-order chi connectivity index (χ0) is 17.1. The van der Waals surface area contributed by atoms with E-state index in [1.54, 1.807) is 6.07 Å². The molecule has 8 heteroatoms. The summed E-state index contributed by atoms with van der Waals surface area (Å²) in [5, 5.41) is 8.69. The summed E-state index contributed by atoms with van der Waals surface area (Å²) in [4.78, 5) is 11.7. The van der Waals surface area contributed by atoms with Crippen LogP contribution in [0.2, 0.25) is 0 Å². The number of halogens is 5. The van der Waals surface area contributed by atoms with E-state index in [9.17, 15) is 26.7 Å². The van der Waals surface area contributed by atoms with Crippen molar-refractivity contribution in [3.63, 3.8) is 0 Å². The molecule has 0 aliphatic heterocycles. The monoisotopic (exact) mass is 327 g/mol. The summed E-state index contributed by atoms with van der Waals surface area (Å²) in [6, 6.07) is 6.96. The van der Waals surface area contributed by atoms with Gasteiger partial charge in [0.05, 0.1) is 22.8 Å². The lowest BCUT2D eigenvalue weighted by molar-refractivity contribution is 0.0462. The third-order valence-electron chi connectivity index (χ3n) is 2.88. The molecule has 0 aliphatic rings. The number of carbonyl (C=O) groups is 1. The van der Waals surface area contributed by atoms with Crippen molar-refractivity contribution in [3.8, 4) is 6.07 Å². The molecule has 3 nitrogen and oxygen atoms in total. The normalized spacial score (nSPS) is 10.3. The summed E-state index contributed by atoms with van der Waals surface area (Å²) in [7, 11) is 0. The molecule has 0 aromatic heterocycles. The molecule has 0 saturated carbocycles. The van der Waals surface area contributed by atoms with E-state index < -0.39 is 47.2 Å². The lowest BCUT2D eigenvalue weighted by atomic mass is 10.1. The van der Waals surface area contributed by atoms with Gasteiger partial charge in [-0.25, -0.2) is 26.7 Å². The SMILES string of the molecule is N#Cc1cccc(C(=O)OCc2c(F)c(F)c(F)c(F)c2F)c1. The number of nitriles is 1. The fourth-order valence-corrected chi connectivity index (χ4v) is 1.71. The molecular weight excluding hydrogens is 321 g/mol. The Bertz CT molecular complexity index is 800. The quantitative estimate of drug-likeness (QED) is 0.374. The first-order valence-electron chi connectivity index (χ1n) is 6.04. The predicted molar refractivity (Wildman–Crippen MR) is 66.5 cm³/mol. The van der Waals surface area contributed by atoms with Gasteiger partial charge < -0.3 is 4.74 Å². The molecule has 0 atom stereocenters. The van der Waals surface area contributed by atoms with Crippen LogP contribution in [0.25, 0.3) is 0 Å². The van der Waals surface area contributed by atoms with Crippen LogP contribution in [-0.2, 0) is 11.3 Å². The number of ether oxygens (including phenoxy) is 1. The van der Waals surface area contributed by atoms with Gasteiger partial charge >= 0.3 is 5.97 Å². The van der Waals surface area contributed by atoms with Crippen LogP contribution in [0.5, 0.6) is 0 Å². The summed E-state index contributed by atoms with van der Waals surface area (Å²) in [6.07, 6.45) is 0. The molecule has 0 saturated heterocycles. The molecule has 0 unspecified atom stereocenters. The van der Waals surface area contributed by atoms with E-state index in [1.165, 1.54) is 18.2 Å². The topological polar surface area (TPSA) is 50.1 Å². The van der Waals surface area contributed by atoms with Gasteiger partial charge in [0.2, 0.25) is 5.82 Å². The van der Waals surface area contributed by atoms with Gasteiger partial charge in [0.1, 0.15) is 6.61 Å². The maximum absolute atomic E-state index is 13.4. The Labute approximate surface area is 126 Å². The molecule has 0 fully saturated rings. The Balaban J connectivity index is 2.25. The summed E-state index contributed by atoms with van der Waals surface area (Å²) >= 11 is 0. The lowest BCUT2D eigenvalue weighted by Gasteiger charge is -2.09. The number of hydrogen-bond acceptors (Lipinski definition) is 3. The minimum atomic E-state index is -2.29. The largest absolute Gasteiger partial charge is 0.457 e. The summed E-state index contributed by atoms with van der Waals surface area (Å²) in [5.41, 5.74) is -1.23. The van der Waals surface area contributed by atoms with Gasteiger partial charge in [-0.15, -0.1) is 0 Å². The van der Waals surface area contributed by atoms with Gasteiger partial charge in [-0.05, 0) is 18.2 Å². The van der Waals surface area contributed by atoms with E-state index in [1.807, 2.05) is 0 Å². The smallest absolute Gasteiger partial charge is 0.338 e. The van der Waals surface area contributed by atoms with Gasteiger partial charge in [-0.1, -0.05) is 6.07 Å². The molecular formula is C15H6F5NO2. The average Bonchev–Trinajstić information content (AvgIpc) is 2.58. The Hall–Kier alpha value is -2.95. The Morgan fingerprint density at radius 1 is 1.00 bits per heavy atom. The maximum atomic E-state index is 13.4. The Kier molecular flexibility index (Phi) is 4.60. The van der Waals surface area contributed by atoms with Crippen molar-refractivity contribution in [2.75, 3.05) is 0 Å². The van der Waals surface area contributed by atoms with Crippen molar-refractivity contribution >= 4 is 5.97 Å². The fourth-order valence-electron chi connectivity index (χ4n) is 1.71. The second-order valence-corrected chi connectivity index (χ2v) is 4.32. The average molecular weight is 327 g/mol. The Morgan fingerprint density at radius 3 is 2.13 bits per heavy atom. The molecule has 2 aromatic carbocycles. The summed E-state index contributed by atoms with van der Waals surface area (Å²) < 4.78 is 70.3. The van der Waals surface area contributed by atoms with Crippen molar-refractivity contribution < 1.29 is 31.5 Å². The van der Waals surface area contributed by atoms with E-state index in [0.717, 1.165) is 6.07 Å².